The molecular weight excluding hydrogens is 486 g/mol. The summed E-state index contributed by atoms with van der Waals surface area (Å²) in [5.74, 6) is 0.0185. The van der Waals surface area contributed by atoms with E-state index in [-0.39, 0.29) is 17.1 Å². The largest absolute Gasteiger partial charge is 0.379 e. The quantitative estimate of drug-likeness (QED) is 0.349. The highest BCUT2D eigenvalue weighted by Gasteiger charge is 2.23. The number of hydrogen-bond donors (Lipinski definition) is 2. The Morgan fingerprint density at radius 3 is 2.61 bits per heavy atom. The van der Waals surface area contributed by atoms with Crippen LogP contribution in [-0.4, -0.2) is 67.4 Å². The molecule has 0 bridgehead atoms. The van der Waals surface area contributed by atoms with Crippen LogP contribution in [0.15, 0.2) is 42.6 Å². The molecule has 1 saturated heterocycles. The lowest BCUT2D eigenvalue weighted by atomic mass is 10.1. The second kappa shape index (κ2) is 11.5. The number of rotatable bonds is 8. The summed E-state index contributed by atoms with van der Waals surface area (Å²) in [7, 11) is 0. The zero-order valence-electron chi connectivity index (χ0n) is 19.9. The Bertz CT molecular complexity index is 1190. The molecule has 1 fully saturated rings. The van der Waals surface area contributed by atoms with E-state index in [2.05, 4.69) is 32.7 Å². The Hall–Kier alpha value is -2.85. The van der Waals surface area contributed by atoms with Gasteiger partial charge in [-0.15, -0.1) is 0 Å². The van der Waals surface area contributed by atoms with Crippen LogP contribution < -0.4 is 15.5 Å². The van der Waals surface area contributed by atoms with Gasteiger partial charge in [0.2, 0.25) is 0 Å². The third kappa shape index (κ3) is 5.75. The van der Waals surface area contributed by atoms with Gasteiger partial charge < -0.3 is 20.3 Å². The Morgan fingerprint density at radius 1 is 1.03 bits per heavy atom. The molecule has 1 aromatic heterocycles. The van der Waals surface area contributed by atoms with Gasteiger partial charge in [0.05, 0.1) is 30.1 Å². The van der Waals surface area contributed by atoms with Crippen LogP contribution in [0.5, 0.6) is 0 Å². The zero-order chi connectivity index (χ0) is 24.9. The third-order valence-electron chi connectivity index (χ3n) is 6.50. The van der Waals surface area contributed by atoms with Crippen molar-refractivity contribution in [2.24, 2.45) is 0 Å². The fourth-order valence-corrected chi connectivity index (χ4v) is 4.64. The monoisotopic (exact) mass is 514 g/mol. The molecule has 2 N–H and O–H groups in total. The van der Waals surface area contributed by atoms with Crippen LogP contribution in [-0.2, 0) is 17.8 Å². The van der Waals surface area contributed by atoms with E-state index in [4.69, 9.17) is 21.3 Å². The molecule has 10 heteroatoms. The minimum absolute atomic E-state index is 0.101. The van der Waals surface area contributed by atoms with Crippen molar-refractivity contribution in [3.05, 3.63) is 70.4 Å². The molecule has 0 atom stereocenters. The van der Waals surface area contributed by atoms with Gasteiger partial charge in [-0.05, 0) is 17.7 Å². The maximum atomic E-state index is 14.4. The van der Waals surface area contributed by atoms with Crippen LogP contribution >= 0.6 is 11.6 Å². The molecule has 3 heterocycles. The first-order valence-corrected chi connectivity index (χ1v) is 12.5. The number of fused-ring (bicyclic) bond motifs is 1. The number of aromatic nitrogens is 2. The molecule has 0 saturated carbocycles. The van der Waals surface area contributed by atoms with Crippen LogP contribution in [0.25, 0.3) is 11.3 Å². The molecule has 0 radical (unpaired) electrons. The predicted octanol–water partition coefficient (Wildman–Crippen LogP) is 3.93. The van der Waals surface area contributed by atoms with E-state index in [1.807, 2.05) is 17.0 Å². The molecule has 2 aromatic carbocycles. The Labute approximate surface area is 214 Å². The highest BCUT2D eigenvalue weighted by atomic mass is 35.5. The summed E-state index contributed by atoms with van der Waals surface area (Å²) in [4.78, 5) is 13.6. The number of anilines is 2. The number of nitrogens with one attached hydrogen (secondary N) is 2. The first-order valence-electron chi connectivity index (χ1n) is 12.2. The molecule has 0 amide bonds. The maximum absolute atomic E-state index is 14.4. The number of morpholine rings is 1. The molecule has 0 unspecified atom stereocenters. The molecule has 0 aliphatic carbocycles. The van der Waals surface area contributed by atoms with Crippen molar-refractivity contribution in [1.82, 2.24) is 20.2 Å². The SMILES string of the molecule is Fc1ccc(F)c(CN2CCNc3ncc(-c4ccc(CNCCN5CCOCC5)cc4)nc32)c1Cl. The molecule has 36 heavy (non-hydrogen) atoms. The smallest absolute Gasteiger partial charge is 0.172 e. The molecule has 5 rings (SSSR count). The van der Waals surface area contributed by atoms with Gasteiger partial charge in [0.1, 0.15) is 11.6 Å². The number of nitrogens with zero attached hydrogens (tertiary/aromatic N) is 4. The summed E-state index contributed by atoms with van der Waals surface area (Å²) in [5, 5.41) is 6.52. The number of halogens is 3. The van der Waals surface area contributed by atoms with E-state index in [0.717, 1.165) is 63.6 Å². The summed E-state index contributed by atoms with van der Waals surface area (Å²) in [5.41, 5.74) is 2.94. The van der Waals surface area contributed by atoms with Crippen molar-refractivity contribution in [3.8, 4) is 11.3 Å². The Balaban J connectivity index is 1.25. The van der Waals surface area contributed by atoms with Gasteiger partial charge in [0.25, 0.3) is 0 Å². The number of ether oxygens (including phenoxy) is 1. The van der Waals surface area contributed by atoms with Crippen molar-refractivity contribution < 1.29 is 13.5 Å². The molecular formula is C26H29ClF2N6O. The van der Waals surface area contributed by atoms with Gasteiger partial charge in [-0.25, -0.2) is 18.7 Å². The zero-order valence-corrected chi connectivity index (χ0v) is 20.7. The molecule has 2 aliphatic heterocycles. The van der Waals surface area contributed by atoms with Gasteiger partial charge in [-0.2, -0.15) is 0 Å². The van der Waals surface area contributed by atoms with Crippen LogP contribution in [0.3, 0.4) is 0 Å². The van der Waals surface area contributed by atoms with Crippen molar-refractivity contribution in [3.63, 3.8) is 0 Å². The van der Waals surface area contributed by atoms with Crippen LogP contribution in [0.4, 0.5) is 20.4 Å². The standard InChI is InChI=1S/C26H29ClF2N6O/c27-24-20(21(28)5-6-22(24)29)17-35-10-8-31-25-26(35)33-23(16-32-25)19-3-1-18(2-4-19)15-30-7-9-34-11-13-36-14-12-34/h1-6,16,30H,7-15,17H2,(H,31,32). The minimum atomic E-state index is -0.640. The van der Waals surface area contributed by atoms with Gasteiger partial charge in [0.15, 0.2) is 11.6 Å². The lowest BCUT2D eigenvalue weighted by Crippen LogP contribution is -2.40. The van der Waals surface area contributed by atoms with Gasteiger partial charge in [0, 0.05) is 63.5 Å². The molecule has 190 valence electrons. The minimum Gasteiger partial charge on any atom is -0.379 e. The average molecular weight is 515 g/mol. The Kier molecular flexibility index (Phi) is 7.91. The number of hydrogen-bond acceptors (Lipinski definition) is 7. The molecule has 7 nitrogen and oxygen atoms in total. The van der Waals surface area contributed by atoms with Gasteiger partial charge in [-0.3, -0.25) is 4.90 Å². The maximum Gasteiger partial charge on any atom is 0.172 e. The van der Waals surface area contributed by atoms with Crippen LogP contribution in [0.2, 0.25) is 5.02 Å². The third-order valence-corrected chi connectivity index (χ3v) is 6.91. The van der Waals surface area contributed by atoms with Crippen molar-refractivity contribution in [1.29, 1.82) is 0 Å². The van der Waals surface area contributed by atoms with Crippen molar-refractivity contribution in [2.45, 2.75) is 13.1 Å². The van der Waals surface area contributed by atoms with E-state index in [0.29, 0.717) is 30.4 Å². The van der Waals surface area contributed by atoms with Crippen LogP contribution in [0, 0.1) is 11.6 Å². The molecule has 3 aromatic rings. The first-order chi connectivity index (χ1) is 17.6. The summed E-state index contributed by atoms with van der Waals surface area (Å²) in [6.07, 6.45) is 1.72. The average Bonchev–Trinajstić information content (AvgIpc) is 2.92. The fourth-order valence-electron chi connectivity index (χ4n) is 4.43. The highest BCUT2D eigenvalue weighted by molar-refractivity contribution is 6.31. The van der Waals surface area contributed by atoms with Crippen LogP contribution in [0.1, 0.15) is 11.1 Å². The second-order valence-electron chi connectivity index (χ2n) is 8.93. The van der Waals surface area contributed by atoms with E-state index in [1.165, 1.54) is 5.56 Å². The van der Waals surface area contributed by atoms with Gasteiger partial charge in [-0.1, -0.05) is 35.9 Å². The molecule has 0 spiro atoms. The summed E-state index contributed by atoms with van der Waals surface area (Å²) < 4.78 is 33.7. The van der Waals surface area contributed by atoms with Gasteiger partial charge >= 0.3 is 0 Å². The lowest BCUT2D eigenvalue weighted by Gasteiger charge is -2.30. The van der Waals surface area contributed by atoms with E-state index in [1.54, 1.807) is 6.20 Å². The first kappa shape index (κ1) is 24.8. The van der Waals surface area contributed by atoms with E-state index in [9.17, 15) is 8.78 Å². The summed E-state index contributed by atoms with van der Waals surface area (Å²) in [6.45, 7) is 7.63. The Morgan fingerprint density at radius 2 is 1.81 bits per heavy atom. The summed E-state index contributed by atoms with van der Waals surface area (Å²) >= 11 is 6.07. The molecule has 2 aliphatic rings. The fraction of sp³-hybridized carbons (Fsp3) is 0.385. The number of benzene rings is 2. The van der Waals surface area contributed by atoms with Crippen molar-refractivity contribution >= 4 is 23.2 Å². The topological polar surface area (TPSA) is 65.5 Å². The highest BCUT2D eigenvalue weighted by Crippen LogP contribution is 2.32. The normalized spacial score (nSPS) is 16.0. The van der Waals surface area contributed by atoms with Crippen molar-refractivity contribution in [2.75, 3.05) is 62.7 Å². The predicted molar refractivity (Wildman–Crippen MR) is 137 cm³/mol. The lowest BCUT2D eigenvalue weighted by molar-refractivity contribution is 0.0384. The second-order valence-corrected chi connectivity index (χ2v) is 9.30. The van der Waals surface area contributed by atoms with E-state index < -0.39 is 11.6 Å². The summed E-state index contributed by atoms with van der Waals surface area (Å²) in [6, 6.07) is 10.3. The van der Waals surface area contributed by atoms with E-state index >= 15 is 0 Å².